The highest BCUT2D eigenvalue weighted by Gasteiger charge is 2.30. The van der Waals surface area contributed by atoms with Crippen LogP contribution in [0.5, 0.6) is 0 Å². The van der Waals surface area contributed by atoms with Crippen LogP contribution in [-0.4, -0.2) is 15.5 Å². The maximum atomic E-state index is 13.3. The number of sulfonamides is 1. The Labute approximate surface area is 94.5 Å². The number of nitrogens with two attached hydrogens (primary N) is 1. The highest BCUT2D eigenvalue weighted by atomic mass is 32.2. The van der Waals surface area contributed by atoms with Gasteiger partial charge in [0.2, 0.25) is 10.0 Å². The molecule has 0 aliphatic rings. The van der Waals surface area contributed by atoms with Gasteiger partial charge >= 0.3 is 0 Å². The van der Waals surface area contributed by atoms with Crippen LogP contribution in [-0.2, 0) is 16.6 Å². The lowest BCUT2D eigenvalue weighted by Gasteiger charge is -2.10. The van der Waals surface area contributed by atoms with Crippen LogP contribution in [0, 0.1) is 23.3 Å². The Balaban J connectivity index is 3.71. The summed E-state index contributed by atoms with van der Waals surface area (Å²) in [6.45, 7) is -0.504. The summed E-state index contributed by atoms with van der Waals surface area (Å²) < 4.78 is 74.7. The van der Waals surface area contributed by atoms with Crippen LogP contribution >= 0.6 is 0 Å². The van der Waals surface area contributed by atoms with Crippen LogP contribution in [0.2, 0.25) is 0 Å². The van der Waals surface area contributed by atoms with Gasteiger partial charge in [-0.25, -0.2) is 31.1 Å². The van der Waals surface area contributed by atoms with E-state index in [9.17, 15) is 26.0 Å². The molecule has 0 radical (unpaired) electrons. The van der Waals surface area contributed by atoms with Crippen LogP contribution in [0.1, 0.15) is 5.56 Å². The minimum Gasteiger partial charge on any atom is -0.315 e. The molecule has 1 aromatic rings. The van der Waals surface area contributed by atoms with Crippen molar-refractivity contribution < 1.29 is 26.0 Å². The predicted molar refractivity (Wildman–Crippen MR) is 50.4 cm³/mol. The first-order valence-electron chi connectivity index (χ1n) is 4.24. The number of benzene rings is 1. The van der Waals surface area contributed by atoms with Crippen molar-refractivity contribution in [3.05, 3.63) is 28.8 Å². The molecule has 0 amide bonds. The number of hydrogen-bond donors (Lipinski definition) is 2. The van der Waals surface area contributed by atoms with Crippen molar-refractivity contribution in [2.24, 2.45) is 5.14 Å². The second-order valence-corrected chi connectivity index (χ2v) is 4.64. The molecule has 96 valence electrons. The summed E-state index contributed by atoms with van der Waals surface area (Å²) in [5, 5.41) is 6.75. The van der Waals surface area contributed by atoms with Gasteiger partial charge in [0.1, 0.15) is 0 Å². The van der Waals surface area contributed by atoms with Crippen molar-refractivity contribution in [2.75, 3.05) is 7.05 Å². The maximum absolute atomic E-state index is 13.3. The molecule has 0 aliphatic heterocycles. The van der Waals surface area contributed by atoms with E-state index in [1.165, 1.54) is 7.05 Å². The molecule has 0 spiro atoms. The molecule has 0 heterocycles. The SMILES string of the molecule is CNCc1c(F)c(F)c(S(N)(=O)=O)c(F)c1F. The summed E-state index contributed by atoms with van der Waals surface area (Å²) in [7, 11) is -3.60. The summed E-state index contributed by atoms with van der Waals surface area (Å²) in [6, 6.07) is 0. The van der Waals surface area contributed by atoms with E-state index in [2.05, 4.69) is 10.5 Å². The molecular weight excluding hydrogens is 264 g/mol. The predicted octanol–water partition coefficient (Wildman–Crippen LogP) is 0.610. The van der Waals surface area contributed by atoms with E-state index in [1.54, 1.807) is 0 Å². The van der Waals surface area contributed by atoms with Crippen molar-refractivity contribution in [1.82, 2.24) is 5.32 Å². The smallest absolute Gasteiger partial charge is 0.244 e. The van der Waals surface area contributed by atoms with Crippen LogP contribution in [0.4, 0.5) is 17.6 Å². The van der Waals surface area contributed by atoms with Gasteiger partial charge in [0, 0.05) is 12.1 Å². The molecule has 9 heteroatoms. The summed E-state index contributed by atoms with van der Waals surface area (Å²) in [4.78, 5) is -1.81. The van der Waals surface area contributed by atoms with Gasteiger partial charge in [0.25, 0.3) is 0 Å². The van der Waals surface area contributed by atoms with Gasteiger partial charge in [-0.2, -0.15) is 0 Å². The fraction of sp³-hybridized carbons (Fsp3) is 0.250. The second-order valence-electron chi connectivity index (χ2n) is 3.14. The van der Waals surface area contributed by atoms with E-state index in [-0.39, 0.29) is 0 Å². The van der Waals surface area contributed by atoms with E-state index in [0.717, 1.165) is 0 Å². The Morgan fingerprint density at radius 3 is 1.76 bits per heavy atom. The van der Waals surface area contributed by atoms with E-state index in [1.807, 2.05) is 0 Å². The molecule has 0 atom stereocenters. The third-order valence-electron chi connectivity index (χ3n) is 1.95. The Kier molecular flexibility index (Phi) is 3.74. The zero-order chi connectivity index (χ0) is 13.4. The third-order valence-corrected chi connectivity index (χ3v) is 2.88. The topological polar surface area (TPSA) is 72.2 Å². The number of nitrogens with one attached hydrogen (secondary N) is 1. The Bertz CT molecular complexity index is 530. The molecule has 1 rings (SSSR count). The molecule has 0 saturated heterocycles. The number of rotatable bonds is 3. The average Bonchev–Trinajstić information content (AvgIpc) is 2.20. The minimum atomic E-state index is -4.89. The average molecular weight is 272 g/mol. The standard InChI is InChI=1S/C8H8F4N2O2S/c1-14-2-3-4(9)6(11)8(17(13,15)16)7(12)5(3)10/h14H,2H2,1H3,(H2,13,15,16). The highest BCUT2D eigenvalue weighted by Crippen LogP contribution is 2.26. The van der Waals surface area contributed by atoms with Gasteiger partial charge in [-0.05, 0) is 7.05 Å². The second kappa shape index (κ2) is 4.59. The van der Waals surface area contributed by atoms with Crippen molar-refractivity contribution in [3.8, 4) is 0 Å². The lowest BCUT2D eigenvalue weighted by molar-refractivity contribution is 0.404. The highest BCUT2D eigenvalue weighted by molar-refractivity contribution is 7.89. The van der Waals surface area contributed by atoms with E-state index >= 15 is 0 Å². The fourth-order valence-electron chi connectivity index (χ4n) is 1.24. The van der Waals surface area contributed by atoms with Crippen molar-refractivity contribution >= 4 is 10.0 Å². The van der Waals surface area contributed by atoms with Crippen LogP contribution in [0.25, 0.3) is 0 Å². The fourth-order valence-corrected chi connectivity index (χ4v) is 1.92. The van der Waals surface area contributed by atoms with Crippen LogP contribution < -0.4 is 10.5 Å². The Morgan fingerprint density at radius 1 is 1.06 bits per heavy atom. The maximum Gasteiger partial charge on any atom is 0.244 e. The van der Waals surface area contributed by atoms with Crippen molar-refractivity contribution in [2.45, 2.75) is 11.4 Å². The van der Waals surface area contributed by atoms with Crippen LogP contribution in [0.15, 0.2) is 4.90 Å². The molecule has 1 aromatic carbocycles. The van der Waals surface area contributed by atoms with Gasteiger partial charge < -0.3 is 5.32 Å². The molecule has 4 nitrogen and oxygen atoms in total. The molecule has 0 fully saturated rings. The molecule has 0 saturated carbocycles. The number of primary sulfonamides is 1. The zero-order valence-electron chi connectivity index (χ0n) is 8.52. The van der Waals surface area contributed by atoms with E-state index < -0.39 is 50.3 Å². The first-order valence-corrected chi connectivity index (χ1v) is 5.78. The van der Waals surface area contributed by atoms with Crippen molar-refractivity contribution in [3.63, 3.8) is 0 Å². The lowest BCUT2D eigenvalue weighted by atomic mass is 10.2. The summed E-state index contributed by atoms with van der Waals surface area (Å²) in [6.07, 6.45) is 0. The molecule has 17 heavy (non-hydrogen) atoms. The number of hydrogen-bond acceptors (Lipinski definition) is 3. The summed E-state index contributed by atoms with van der Waals surface area (Å²) in [5.74, 6) is -7.64. The Hall–Kier alpha value is -1.19. The first kappa shape index (κ1) is 13.9. The van der Waals surface area contributed by atoms with E-state index in [0.29, 0.717) is 0 Å². The summed E-state index contributed by atoms with van der Waals surface area (Å²) >= 11 is 0. The van der Waals surface area contributed by atoms with Gasteiger partial charge in [-0.1, -0.05) is 0 Å². The molecule has 0 aliphatic carbocycles. The molecule has 0 bridgehead atoms. The van der Waals surface area contributed by atoms with E-state index in [4.69, 9.17) is 0 Å². The van der Waals surface area contributed by atoms with Gasteiger partial charge in [0.05, 0.1) is 0 Å². The molecule has 3 N–H and O–H groups in total. The molecular formula is C8H8F4N2O2S. The molecule has 0 unspecified atom stereocenters. The monoisotopic (exact) mass is 272 g/mol. The normalized spacial score (nSPS) is 11.9. The Morgan fingerprint density at radius 2 is 1.47 bits per heavy atom. The van der Waals surface area contributed by atoms with Gasteiger partial charge in [0.15, 0.2) is 28.2 Å². The quantitative estimate of drug-likeness (QED) is 0.625. The minimum absolute atomic E-state index is 0.504. The zero-order valence-corrected chi connectivity index (χ0v) is 9.34. The molecule has 0 aromatic heterocycles. The van der Waals surface area contributed by atoms with Crippen LogP contribution in [0.3, 0.4) is 0 Å². The summed E-state index contributed by atoms with van der Waals surface area (Å²) in [5.41, 5.74) is -0.935. The largest absolute Gasteiger partial charge is 0.315 e. The van der Waals surface area contributed by atoms with Crippen molar-refractivity contribution in [1.29, 1.82) is 0 Å². The lowest BCUT2D eigenvalue weighted by Crippen LogP contribution is -2.21. The van der Waals surface area contributed by atoms with Gasteiger partial charge in [-0.15, -0.1) is 0 Å². The first-order chi connectivity index (χ1) is 7.71. The third kappa shape index (κ3) is 2.40. The number of halogens is 4. The van der Waals surface area contributed by atoms with Gasteiger partial charge in [-0.3, -0.25) is 0 Å².